The largest absolute Gasteiger partial charge is 0.472 e. The van der Waals surface area contributed by atoms with Crippen LogP contribution in [0.25, 0.3) is 0 Å². The SMILES string of the molecule is BC1CC(OO)C(COP(=O)(O)OCCCOP(=O)(O)OCCCOP(=O)(O)OCCCOP(=O)(O)OCCCOP(=O)(O)OCCCCC#C)O1. The van der Waals surface area contributed by atoms with E-state index >= 15 is 0 Å². The second-order valence-corrected chi connectivity index (χ2v) is 17.8. The molecule has 52 heavy (non-hydrogen) atoms. The Morgan fingerprint density at radius 3 is 1.17 bits per heavy atom. The van der Waals surface area contributed by atoms with Gasteiger partial charge in [0.1, 0.15) is 20.1 Å². The zero-order chi connectivity index (χ0) is 39.2. The molecule has 1 rings (SSSR count). The Kier molecular flexibility index (Phi) is 25.1. The van der Waals surface area contributed by atoms with Gasteiger partial charge < -0.3 is 29.2 Å². The zero-order valence-electron chi connectivity index (χ0n) is 28.4. The van der Waals surface area contributed by atoms with Crippen molar-refractivity contribution in [3.8, 4) is 12.3 Å². The lowest BCUT2D eigenvalue weighted by molar-refractivity contribution is -0.287. The fraction of sp³-hybridized carbons (Fsp3) is 0.913. The Hall–Kier alpha value is 0.0549. The average Bonchev–Trinajstić information content (AvgIpc) is 3.42. The molecular formula is C23H48BO23P5. The maximum Gasteiger partial charge on any atom is 0.472 e. The monoisotopic (exact) mass is 858 g/mol. The van der Waals surface area contributed by atoms with E-state index in [0.29, 0.717) is 25.7 Å². The summed E-state index contributed by atoms with van der Waals surface area (Å²) >= 11 is 0. The predicted molar refractivity (Wildman–Crippen MR) is 179 cm³/mol. The third kappa shape index (κ3) is 26.0. The molecule has 8 unspecified atom stereocenters. The summed E-state index contributed by atoms with van der Waals surface area (Å²) in [5.41, 5.74) is 0. The highest BCUT2D eigenvalue weighted by atomic mass is 31.2. The molecule has 0 aliphatic carbocycles. The van der Waals surface area contributed by atoms with Crippen LogP contribution in [0.1, 0.15) is 51.4 Å². The number of phosphoric acid groups is 5. The van der Waals surface area contributed by atoms with Gasteiger partial charge in [-0.15, -0.1) is 12.3 Å². The van der Waals surface area contributed by atoms with Crippen LogP contribution in [0.4, 0.5) is 0 Å². The van der Waals surface area contributed by atoms with Crippen molar-refractivity contribution < 1.29 is 107 Å². The normalized spacial score (nSPS) is 23.5. The number of hydrogen-bond donors (Lipinski definition) is 6. The maximum absolute atomic E-state index is 12.0. The molecule has 8 atom stereocenters. The Morgan fingerprint density at radius 1 is 0.558 bits per heavy atom. The zero-order valence-corrected chi connectivity index (χ0v) is 32.9. The third-order valence-electron chi connectivity index (χ3n) is 6.08. The lowest BCUT2D eigenvalue weighted by Crippen LogP contribution is -2.28. The van der Waals surface area contributed by atoms with Crippen LogP contribution in [-0.2, 0) is 77.7 Å². The maximum atomic E-state index is 12.0. The topological polar surface area (TPSA) is 317 Å². The minimum absolute atomic E-state index is 0.0326. The van der Waals surface area contributed by atoms with Crippen molar-refractivity contribution in [2.75, 3.05) is 66.1 Å². The summed E-state index contributed by atoms with van der Waals surface area (Å²) < 4.78 is 112. The van der Waals surface area contributed by atoms with Crippen LogP contribution in [0.5, 0.6) is 0 Å². The van der Waals surface area contributed by atoms with Gasteiger partial charge in [-0.2, -0.15) is 0 Å². The van der Waals surface area contributed by atoms with E-state index in [2.05, 4.69) is 10.8 Å². The first kappa shape index (κ1) is 50.1. The van der Waals surface area contributed by atoms with Crippen LogP contribution in [0.15, 0.2) is 0 Å². The molecule has 29 heteroatoms. The van der Waals surface area contributed by atoms with E-state index in [4.69, 9.17) is 61.7 Å². The number of phosphoric ester groups is 5. The molecule has 0 aromatic heterocycles. The van der Waals surface area contributed by atoms with Gasteiger partial charge in [0.15, 0.2) is 0 Å². The van der Waals surface area contributed by atoms with E-state index in [1.807, 2.05) is 0 Å². The van der Waals surface area contributed by atoms with Crippen LogP contribution in [0.2, 0.25) is 0 Å². The summed E-state index contributed by atoms with van der Waals surface area (Å²) in [6.07, 6.45) is 5.08. The van der Waals surface area contributed by atoms with Crippen LogP contribution in [0, 0.1) is 12.3 Å². The van der Waals surface area contributed by atoms with Gasteiger partial charge in [0, 0.05) is 12.4 Å². The summed E-state index contributed by atoms with van der Waals surface area (Å²) in [5, 5.41) is 8.85. The second-order valence-electron chi connectivity index (χ2n) is 10.6. The van der Waals surface area contributed by atoms with Crippen LogP contribution >= 0.6 is 39.1 Å². The van der Waals surface area contributed by atoms with Crippen molar-refractivity contribution in [2.24, 2.45) is 0 Å². The van der Waals surface area contributed by atoms with Crippen molar-refractivity contribution in [1.29, 1.82) is 0 Å². The van der Waals surface area contributed by atoms with E-state index in [9.17, 15) is 47.3 Å². The molecule has 1 aliphatic heterocycles. The molecule has 0 aromatic carbocycles. The van der Waals surface area contributed by atoms with Gasteiger partial charge in [-0.1, -0.05) is 0 Å². The highest BCUT2D eigenvalue weighted by Crippen LogP contribution is 2.47. The number of unbranched alkanes of at least 4 members (excludes halogenated alkanes) is 2. The van der Waals surface area contributed by atoms with E-state index in [1.54, 1.807) is 7.85 Å². The van der Waals surface area contributed by atoms with Gasteiger partial charge in [-0.3, -0.25) is 50.5 Å². The molecule has 1 heterocycles. The van der Waals surface area contributed by atoms with Gasteiger partial charge >= 0.3 is 39.1 Å². The number of hydrogen-bond acceptors (Lipinski definition) is 18. The summed E-state index contributed by atoms with van der Waals surface area (Å²) in [5.74, 6) is 2.42. The Labute approximate surface area is 302 Å². The first-order valence-corrected chi connectivity index (χ1v) is 23.3. The second kappa shape index (κ2) is 26.1. The minimum Gasteiger partial charge on any atom is -0.379 e. The van der Waals surface area contributed by atoms with E-state index < -0.39 is 97.6 Å². The first-order chi connectivity index (χ1) is 24.3. The van der Waals surface area contributed by atoms with E-state index in [1.165, 1.54) is 0 Å². The molecule has 1 saturated heterocycles. The van der Waals surface area contributed by atoms with Crippen LogP contribution < -0.4 is 0 Å². The highest BCUT2D eigenvalue weighted by Gasteiger charge is 2.36. The summed E-state index contributed by atoms with van der Waals surface area (Å²) in [7, 11) is -20.7. The van der Waals surface area contributed by atoms with E-state index in [-0.39, 0.29) is 51.5 Å². The molecular weight excluding hydrogens is 810 g/mol. The fourth-order valence-corrected chi connectivity index (χ4v) is 7.66. The molecule has 0 spiro atoms. The summed E-state index contributed by atoms with van der Waals surface area (Å²) in [6.45, 7) is -3.63. The minimum atomic E-state index is -4.57. The van der Waals surface area contributed by atoms with Gasteiger partial charge in [0.2, 0.25) is 0 Å². The lowest BCUT2D eigenvalue weighted by atomic mass is 9.96. The van der Waals surface area contributed by atoms with E-state index in [0.717, 1.165) is 0 Å². The molecule has 0 aromatic rings. The smallest absolute Gasteiger partial charge is 0.379 e. The Morgan fingerprint density at radius 2 is 0.865 bits per heavy atom. The van der Waals surface area contributed by atoms with Gasteiger partial charge in [-0.05, 0) is 44.9 Å². The van der Waals surface area contributed by atoms with Crippen molar-refractivity contribution in [2.45, 2.75) is 69.6 Å². The Bertz CT molecular complexity index is 1290. The van der Waals surface area contributed by atoms with Crippen molar-refractivity contribution in [1.82, 2.24) is 0 Å². The molecule has 6 N–H and O–H groups in total. The molecule has 1 aliphatic rings. The van der Waals surface area contributed by atoms with Gasteiger partial charge in [0.05, 0.1) is 66.1 Å². The predicted octanol–water partition coefficient (Wildman–Crippen LogP) is 2.62. The van der Waals surface area contributed by atoms with Crippen molar-refractivity contribution in [3.63, 3.8) is 0 Å². The highest BCUT2D eigenvalue weighted by molar-refractivity contribution is 7.48. The fourth-order valence-electron chi connectivity index (χ4n) is 3.72. The van der Waals surface area contributed by atoms with Crippen LogP contribution in [-0.4, -0.2) is 122 Å². The van der Waals surface area contributed by atoms with Crippen LogP contribution in [0.3, 0.4) is 0 Å². The molecule has 0 amide bonds. The van der Waals surface area contributed by atoms with Crippen molar-refractivity contribution in [3.05, 3.63) is 0 Å². The first-order valence-electron chi connectivity index (χ1n) is 15.8. The summed E-state index contributed by atoms with van der Waals surface area (Å²) in [4.78, 5) is 52.6. The number of ether oxygens (including phenoxy) is 1. The summed E-state index contributed by atoms with van der Waals surface area (Å²) in [6, 6.07) is -0.257. The molecule has 0 saturated carbocycles. The Balaban J connectivity index is 2.09. The molecule has 306 valence electrons. The number of rotatable bonds is 33. The number of terminal acetylenes is 1. The quantitative estimate of drug-likeness (QED) is 0.0138. The van der Waals surface area contributed by atoms with Crippen molar-refractivity contribution >= 4 is 47.0 Å². The lowest BCUT2D eigenvalue weighted by Gasteiger charge is -2.18. The van der Waals surface area contributed by atoms with Gasteiger partial charge in [-0.25, -0.2) is 27.7 Å². The average molecular weight is 858 g/mol. The standard InChI is InChI=1S/C23H48BO23P5/c1-2-3-4-5-10-36-48(26,27)37-11-6-12-38-49(28,29)39-13-7-14-40-50(30,31)41-15-8-16-42-51(32,33)43-17-9-18-44-52(34,35)45-20-22-21(47-25)19-23(24)46-22/h1,21-23,25H,3-20,24H2,(H,26,27)(H,28,29)(H,30,31)(H,32,33)(H,34,35). The van der Waals surface area contributed by atoms with Gasteiger partial charge in [0.25, 0.3) is 0 Å². The molecule has 0 bridgehead atoms. The molecule has 1 fully saturated rings. The third-order valence-corrected chi connectivity index (χ3v) is 11.1. The molecule has 23 nitrogen and oxygen atoms in total. The molecule has 0 radical (unpaired) electrons.